The molecule has 2 aromatic heterocycles. The fourth-order valence-electron chi connectivity index (χ4n) is 2.75. The van der Waals surface area contributed by atoms with E-state index >= 15 is 0 Å². The topological polar surface area (TPSA) is 181 Å². The number of ether oxygens (including phenoxy) is 1. The number of imidazole rings is 1. The Morgan fingerprint density at radius 1 is 1.38 bits per heavy atom. The molecule has 12 nitrogen and oxygen atoms in total. The normalized spacial score (nSPS) is 25.5. The van der Waals surface area contributed by atoms with Gasteiger partial charge in [0, 0.05) is 13.1 Å². The number of nitrogen functional groups attached to an aromatic ring is 1. The van der Waals surface area contributed by atoms with Gasteiger partial charge in [0.25, 0.3) is 5.91 Å². The first-order valence-corrected chi connectivity index (χ1v) is 8.12. The van der Waals surface area contributed by atoms with E-state index in [0.29, 0.717) is 6.54 Å². The Hall–Kier alpha value is -2.54. The maximum Gasteiger partial charge on any atom is 0.252 e. The van der Waals surface area contributed by atoms with E-state index in [-0.39, 0.29) is 36.1 Å². The molecule has 12 heteroatoms. The van der Waals surface area contributed by atoms with Gasteiger partial charge in [-0.25, -0.2) is 4.98 Å². The third-order valence-corrected chi connectivity index (χ3v) is 3.97. The molecule has 0 aromatic carbocycles. The highest BCUT2D eigenvalue weighted by Crippen LogP contribution is 2.32. The van der Waals surface area contributed by atoms with Gasteiger partial charge >= 0.3 is 0 Å². The van der Waals surface area contributed by atoms with E-state index in [0.717, 1.165) is 0 Å². The van der Waals surface area contributed by atoms with E-state index in [9.17, 15) is 15.0 Å². The molecular formula is C14H21N7O5. The van der Waals surface area contributed by atoms with Crippen molar-refractivity contribution in [2.75, 3.05) is 30.7 Å². The number of anilines is 2. The monoisotopic (exact) mass is 367 g/mol. The molecule has 2 unspecified atom stereocenters. The van der Waals surface area contributed by atoms with Gasteiger partial charge in [-0.1, -0.05) is 0 Å². The number of likely N-dealkylation sites (N-methyl/N-ethyl adjacent to an activating group) is 1. The molecular weight excluding hydrogens is 346 g/mol. The summed E-state index contributed by atoms with van der Waals surface area (Å²) in [7, 11) is 0. The summed E-state index contributed by atoms with van der Waals surface area (Å²) in [5.41, 5.74) is 6.41. The number of rotatable bonds is 6. The van der Waals surface area contributed by atoms with E-state index < -0.39 is 30.4 Å². The molecule has 4 atom stereocenters. The molecule has 0 radical (unpaired) electrons. The quantitative estimate of drug-likeness (QED) is 0.321. The number of hydrogen-bond acceptors (Lipinski definition) is 10. The highest BCUT2D eigenvalue weighted by Gasteiger charge is 2.47. The first kappa shape index (κ1) is 18.3. The second-order valence-electron chi connectivity index (χ2n) is 5.73. The zero-order chi connectivity index (χ0) is 18.8. The van der Waals surface area contributed by atoms with Crippen molar-refractivity contribution in [1.82, 2.24) is 24.8 Å². The number of nitrogens with one attached hydrogen (secondary N) is 2. The minimum Gasteiger partial charge on any atom is -0.395 e. The summed E-state index contributed by atoms with van der Waals surface area (Å²) in [5.74, 6) is -0.257. The highest BCUT2D eigenvalue weighted by atomic mass is 16.6. The van der Waals surface area contributed by atoms with Gasteiger partial charge in [-0.15, -0.1) is 0 Å². The van der Waals surface area contributed by atoms with Crippen molar-refractivity contribution in [3.8, 4) is 0 Å². The number of aromatic nitrogens is 4. The molecule has 1 aliphatic rings. The van der Waals surface area contributed by atoms with Crippen molar-refractivity contribution >= 4 is 28.8 Å². The van der Waals surface area contributed by atoms with Gasteiger partial charge in [0.05, 0.1) is 12.9 Å². The van der Waals surface area contributed by atoms with Gasteiger partial charge in [-0.3, -0.25) is 9.36 Å². The smallest absolute Gasteiger partial charge is 0.252 e. The van der Waals surface area contributed by atoms with Crippen molar-refractivity contribution in [3.63, 3.8) is 0 Å². The summed E-state index contributed by atoms with van der Waals surface area (Å²) < 4.78 is 6.94. The molecule has 26 heavy (non-hydrogen) atoms. The number of aliphatic hydroxyl groups excluding tert-OH is 3. The van der Waals surface area contributed by atoms with Crippen molar-refractivity contribution in [3.05, 3.63) is 6.33 Å². The Morgan fingerprint density at radius 2 is 2.15 bits per heavy atom. The van der Waals surface area contributed by atoms with Crippen LogP contribution in [0.25, 0.3) is 11.2 Å². The first-order chi connectivity index (χ1) is 12.5. The predicted molar refractivity (Wildman–Crippen MR) is 89.9 cm³/mol. The van der Waals surface area contributed by atoms with Crippen LogP contribution in [0.3, 0.4) is 0 Å². The molecule has 7 N–H and O–H groups in total. The fourth-order valence-corrected chi connectivity index (χ4v) is 2.75. The van der Waals surface area contributed by atoms with Gasteiger partial charge in [0.15, 0.2) is 23.8 Å². The Bertz CT molecular complexity index is 797. The van der Waals surface area contributed by atoms with Crippen LogP contribution in [0, 0.1) is 0 Å². The Morgan fingerprint density at radius 3 is 2.85 bits per heavy atom. The van der Waals surface area contributed by atoms with Crippen LogP contribution in [-0.2, 0) is 9.53 Å². The number of amides is 1. The van der Waals surface area contributed by atoms with Crippen molar-refractivity contribution in [2.24, 2.45) is 0 Å². The number of carbonyl (C=O) groups is 1. The van der Waals surface area contributed by atoms with Crippen LogP contribution >= 0.6 is 0 Å². The average Bonchev–Trinajstić information content (AvgIpc) is 3.16. The Balaban J connectivity index is 1.94. The first-order valence-electron chi connectivity index (χ1n) is 8.12. The van der Waals surface area contributed by atoms with Gasteiger partial charge in [-0.2, -0.15) is 9.97 Å². The van der Waals surface area contributed by atoms with Crippen molar-refractivity contribution in [2.45, 2.75) is 31.5 Å². The lowest BCUT2D eigenvalue weighted by molar-refractivity contribution is -0.137. The predicted octanol–water partition coefficient (Wildman–Crippen LogP) is -2.43. The number of hydrogen-bond donors (Lipinski definition) is 6. The lowest BCUT2D eigenvalue weighted by Crippen LogP contribution is -2.42. The van der Waals surface area contributed by atoms with Crippen LogP contribution in [0.5, 0.6) is 0 Å². The summed E-state index contributed by atoms with van der Waals surface area (Å²) in [4.78, 5) is 24.4. The maximum atomic E-state index is 12.0. The maximum absolute atomic E-state index is 12.0. The molecule has 0 bridgehead atoms. The second kappa shape index (κ2) is 7.37. The van der Waals surface area contributed by atoms with Crippen LogP contribution < -0.4 is 16.4 Å². The third-order valence-electron chi connectivity index (χ3n) is 3.97. The summed E-state index contributed by atoms with van der Waals surface area (Å²) in [6, 6.07) is 0. The summed E-state index contributed by atoms with van der Waals surface area (Å²) in [5, 5.41) is 34.7. The van der Waals surface area contributed by atoms with E-state index in [1.165, 1.54) is 10.9 Å². The number of carbonyl (C=O) groups excluding carboxylic acids is 1. The standard InChI is InChI=1S/C14H21N7O5/c1-2-16-12(25)9-7(23)8(24)13(26-9)21-5-18-6-10(15)19-14(17-3-4-22)20-11(6)21/h5,7-9,13,22-24H,2-4H2,1H3,(H,16,25)(H3,15,17,19,20)/t7-,8+,9?,13?/m0/s1. The van der Waals surface area contributed by atoms with Gasteiger partial charge in [0.1, 0.15) is 17.7 Å². The molecule has 0 saturated carbocycles. The van der Waals surface area contributed by atoms with Gasteiger partial charge in [-0.05, 0) is 6.92 Å². The fraction of sp³-hybridized carbons (Fsp3) is 0.571. The Labute approximate surface area is 148 Å². The van der Waals surface area contributed by atoms with Crippen LogP contribution in [0.2, 0.25) is 0 Å². The number of nitrogens with zero attached hydrogens (tertiary/aromatic N) is 4. The molecule has 1 aliphatic heterocycles. The van der Waals surface area contributed by atoms with Gasteiger partial charge < -0.3 is 36.4 Å². The summed E-state index contributed by atoms with van der Waals surface area (Å²) in [6.45, 7) is 2.20. The zero-order valence-corrected chi connectivity index (χ0v) is 14.0. The summed E-state index contributed by atoms with van der Waals surface area (Å²) >= 11 is 0. The molecule has 1 amide bonds. The lowest BCUT2D eigenvalue weighted by atomic mass is 10.1. The average molecular weight is 367 g/mol. The SMILES string of the molecule is CCNC(=O)C1OC(n2cnc3c(N)nc(NCCO)nc32)[C@H](O)[C@@H]1O. The molecule has 3 heterocycles. The minimum atomic E-state index is -1.41. The van der Waals surface area contributed by atoms with Gasteiger partial charge in [0.2, 0.25) is 5.95 Å². The van der Waals surface area contributed by atoms with E-state index in [1.54, 1.807) is 6.92 Å². The zero-order valence-electron chi connectivity index (χ0n) is 14.0. The number of fused-ring (bicyclic) bond motifs is 1. The lowest BCUT2D eigenvalue weighted by Gasteiger charge is -2.16. The number of nitrogens with two attached hydrogens (primary N) is 1. The molecule has 1 fully saturated rings. The Kier molecular flexibility index (Phi) is 5.18. The van der Waals surface area contributed by atoms with E-state index in [4.69, 9.17) is 15.6 Å². The van der Waals surface area contributed by atoms with Crippen LogP contribution in [0.1, 0.15) is 13.2 Å². The minimum absolute atomic E-state index is 0.0995. The van der Waals surface area contributed by atoms with E-state index in [2.05, 4.69) is 25.6 Å². The van der Waals surface area contributed by atoms with Crippen molar-refractivity contribution < 1.29 is 24.9 Å². The number of aliphatic hydroxyl groups is 3. The molecule has 0 spiro atoms. The third kappa shape index (κ3) is 3.14. The van der Waals surface area contributed by atoms with Crippen LogP contribution in [0.4, 0.5) is 11.8 Å². The van der Waals surface area contributed by atoms with Crippen LogP contribution in [-0.4, -0.2) is 78.8 Å². The largest absolute Gasteiger partial charge is 0.395 e. The van der Waals surface area contributed by atoms with Crippen molar-refractivity contribution in [1.29, 1.82) is 0 Å². The van der Waals surface area contributed by atoms with Crippen LogP contribution in [0.15, 0.2) is 6.33 Å². The molecule has 1 saturated heterocycles. The molecule has 2 aromatic rings. The van der Waals surface area contributed by atoms with E-state index in [1.807, 2.05) is 0 Å². The molecule has 0 aliphatic carbocycles. The second-order valence-corrected chi connectivity index (χ2v) is 5.73. The summed E-state index contributed by atoms with van der Waals surface area (Å²) in [6.07, 6.45) is -3.74. The molecule has 142 valence electrons. The highest BCUT2D eigenvalue weighted by molar-refractivity contribution is 5.83. The molecule has 3 rings (SSSR count).